The maximum absolute atomic E-state index is 14.5. The second-order valence-electron chi connectivity index (χ2n) is 10.8. The van der Waals surface area contributed by atoms with Crippen molar-refractivity contribution in [3.8, 4) is 10.8 Å². The summed E-state index contributed by atoms with van der Waals surface area (Å²) < 4.78 is 28.3. The van der Waals surface area contributed by atoms with Crippen molar-refractivity contribution in [2.75, 3.05) is 13.7 Å². The number of aromatic nitrogens is 5. The number of benzene rings is 1. The van der Waals surface area contributed by atoms with Gasteiger partial charge in [-0.05, 0) is 65.8 Å². The standard InChI is InChI=1S/C29H35FN6O6S/c1-16(2)33-27(39)29(5,6)35-24(38)23-18(4)25(36-31-11-12-32-36)43-26(23)34(28(35)40)15-22(42-13-10-17(3)37)20-14-19(30)8-9-21(20)41-7/h8-12,14,16,22,37H,13,15H2,1-7H3,(H,33,39)/t22-/m0/s1. The highest BCUT2D eigenvalue weighted by Crippen LogP contribution is 2.34. The summed E-state index contributed by atoms with van der Waals surface area (Å²) in [5, 5.41) is 21.6. The minimum atomic E-state index is -1.59. The van der Waals surface area contributed by atoms with Crippen LogP contribution in [0.2, 0.25) is 0 Å². The van der Waals surface area contributed by atoms with Gasteiger partial charge in [0.25, 0.3) is 5.56 Å². The maximum Gasteiger partial charge on any atom is 0.333 e. The summed E-state index contributed by atoms with van der Waals surface area (Å²) in [4.78, 5) is 43.4. The van der Waals surface area contributed by atoms with Crippen LogP contribution in [0.1, 0.15) is 51.8 Å². The Morgan fingerprint density at radius 3 is 2.51 bits per heavy atom. The molecular weight excluding hydrogens is 579 g/mol. The smallest absolute Gasteiger partial charge is 0.333 e. The van der Waals surface area contributed by atoms with Gasteiger partial charge in [0.1, 0.15) is 33.0 Å². The molecule has 4 rings (SSSR count). The number of rotatable bonds is 11. The summed E-state index contributed by atoms with van der Waals surface area (Å²) in [5.41, 5.74) is -2.17. The van der Waals surface area contributed by atoms with Crippen LogP contribution in [-0.2, 0) is 21.6 Å². The molecule has 4 aromatic rings. The van der Waals surface area contributed by atoms with E-state index in [0.29, 0.717) is 26.7 Å². The predicted molar refractivity (Wildman–Crippen MR) is 161 cm³/mol. The highest BCUT2D eigenvalue weighted by molar-refractivity contribution is 7.21. The van der Waals surface area contributed by atoms with Crippen LogP contribution < -0.4 is 21.3 Å². The van der Waals surface area contributed by atoms with Crippen molar-refractivity contribution < 1.29 is 23.8 Å². The summed E-state index contributed by atoms with van der Waals surface area (Å²) in [7, 11) is 1.43. The average Bonchev–Trinajstić information content (AvgIpc) is 3.57. The molecule has 0 aliphatic carbocycles. The van der Waals surface area contributed by atoms with E-state index in [9.17, 15) is 23.9 Å². The molecule has 1 atom stereocenters. The normalized spacial score (nSPS) is 13.1. The molecule has 0 unspecified atom stereocenters. The van der Waals surface area contributed by atoms with E-state index < -0.39 is 34.6 Å². The van der Waals surface area contributed by atoms with Crippen LogP contribution in [0.15, 0.2) is 52.0 Å². The van der Waals surface area contributed by atoms with Crippen LogP contribution >= 0.6 is 11.3 Å². The van der Waals surface area contributed by atoms with Gasteiger partial charge in [0.2, 0.25) is 5.91 Å². The molecule has 0 radical (unpaired) electrons. The Balaban J connectivity index is 2.03. The number of aryl methyl sites for hydroxylation is 1. The fraction of sp³-hybridized carbons (Fsp3) is 0.414. The number of nitrogens with zero attached hydrogens (tertiary/aromatic N) is 5. The zero-order valence-corrected chi connectivity index (χ0v) is 25.9. The Hall–Kier alpha value is -4.30. The zero-order chi connectivity index (χ0) is 31.6. The molecule has 14 heteroatoms. The Kier molecular flexibility index (Phi) is 9.21. The van der Waals surface area contributed by atoms with E-state index in [1.54, 1.807) is 20.8 Å². The van der Waals surface area contributed by atoms with Gasteiger partial charge in [-0.15, -0.1) is 4.80 Å². The highest BCUT2D eigenvalue weighted by Gasteiger charge is 2.36. The van der Waals surface area contributed by atoms with Crippen molar-refractivity contribution in [2.24, 2.45) is 0 Å². The van der Waals surface area contributed by atoms with E-state index in [2.05, 4.69) is 15.5 Å². The first-order valence-corrected chi connectivity index (χ1v) is 14.4. The van der Waals surface area contributed by atoms with Gasteiger partial charge in [-0.1, -0.05) is 11.3 Å². The second-order valence-corrected chi connectivity index (χ2v) is 11.8. The van der Waals surface area contributed by atoms with Crippen LogP contribution in [0.25, 0.3) is 15.2 Å². The third-order valence-corrected chi connectivity index (χ3v) is 8.17. The molecule has 3 heterocycles. The fourth-order valence-corrected chi connectivity index (χ4v) is 5.91. The molecule has 3 aromatic heterocycles. The number of fused-ring (bicyclic) bond motifs is 1. The maximum atomic E-state index is 14.5. The molecule has 0 saturated heterocycles. The van der Waals surface area contributed by atoms with E-state index in [0.717, 1.165) is 15.9 Å². The molecule has 0 bridgehead atoms. The van der Waals surface area contributed by atoms with Crippen molar-refractivity contribution in [3.63, 3.8) is 0 Å². The van der Waals surface area contributed by atoms with Crippen molar-refractivity contribution >= 4 is 27.5 Å². The summed E-state index contributed by atoms with van der Waals surface area (Å²) in [6.07, 6.45) is 3.43. The first kappa shape index (κ1) is 31.6. The lowest BCUT2D eigenvalue weighted by atomic mass is 10.0. The molecule has 43 heavy (non-hydrogen) atoms. The minimum Gasteiger partial charge on any atom is -0.513 e. The molecule has 0 aliphatic heterocycles. The van der Waals surface area contributed by atoms with Crippen molar-refractivity contribution in [1.29, 1.82) is 0 Å². The Morgan fingerprint density at radius 2 is 1.91 bits per heavy atom. The lowest BCUT2D eigenvalue weighted by Crippen LogP contribution is -2.56. The number of ether oxygens (including phenoxy) is 2. The first-order valence-electron chi connectivity index (χ1n) is 13.6. The van der Waals surface area contributed by atoms with Crippen LogP contribution in [0, 0.1) is 12.7 Å². The Labute approximate surface area is 251 Å². The van der Waals surface area contributed by atoms with Gasteiger partial charge in [0.05, 0.1) is 43.8 Å². The number of carbonyl (C=O) groups excluding carboxylic acids is 1. The molecule has 0 aliphatic rings. The molecule has 0 spiro atoms. The molecule has 1 amide bonds. The summed E-state index contributed by atoms with van der Waals surface area (Å²) in [5.74, 6) is -0.737. The van der Waals surface area contributed by atoms with Gasteiger partial charge in [-0.3, -0.25) is 14.2 Å². The largest absolute Gasteiger partial charge is 0.513 e. The quantitative estimate of drug-likeness (QED) is 0.243. The van der Waals surface area contributed by atoms with Gasteiger partial charge < -0.3 is 19.9 Å². The Bertz CT molecular complexity index is 1780. The molecule has 1 aromatic carbocycles. The second kappa shape index (κ2) is 12.5. The molecule has 230 valence electrons. The highest BCUT2D eigenvalue weighted by atomic mass is 32.1. The zero-order valence-electron chi connectivity index (χ0n) is 25.0. The van der Waals surface area contributed by atoms with E-state index in [-0.39, 0.29) is 30.3 Å². The van der Waals surface area contributed by atoms with Gasteiger partial charge >= 0.3 is 5.69 Å². The molecule has 0 fully saturated rings. The van der Waals surface area contributed by atoms with Crippen LogP contribution in [0.4, 0.5) is 4.39 Å². The lowest BCUT2D eigenvalue weighted by Gasteiger charge is -2.28. The van der Waals surface area contributed by atoms with Gasteiger partial charge in [0, 0.05) is 17.2 Å². The third kappa shape index (κ3) is 6.25. The number of aliphatic hydroxyl groups is 1. The van der Waals surface area contributed by atoms with Gasteiger partial charge in [-0.25, -0.2) is 13.8 Å². The SMILES string of the molecule is COc1ccc(F)cc1[C@H](Cn1c(=O)n(C(C)(C)C(=O)NC(C)C)c(=O)c2c(C)c(-n3nccn3)sc21)OCC=C(C)O. The van der Waals surface area contributed by atoms with Gasteiger partial charge in [-0.2, -0.15) is 10.2 Å². The van der Waals surface area contributed by atoms with Crippen molar-refractivity contribution in [3.05, 3.63) is 80.2 Å². The third-order valence-electron chi connectivity index (χ3n) is 6.89. The fourth-order valence-electron chi connectivity index (χ4n) is 4.69. The van der Waals surface area contributed by atoms with Crippen molar-refractivity contribution in [2.45, 2.75) is 65.8 Å². The molecule has 0 saturated carbocycles. The monoisotopic (exact) mass is 614 g/mol. The number of halogens is 1. The predicted octanol–water partition coefficient (Wildman–Crippen LogP) is 3.74. The minimum absolute atomic E-state index is 0.0150. The molecule has 12 nitrogen and oxygen atoms in total. The van der Waals surface area contributed by atoms with E-state index in [1.807, 2.05) is 0 Å². The lowest BCUT2D eigenvalue weighted by molar-refractivity contribution is -0.129. The van der Waals surface area contributed by atoms with E-state index in [1.165, 1.54) is 73.9 Å². The van der Waals surface area contributed by atoms with Crippen LogP contribution in [0.3, 0.4) is 0 Å². The number of aliphatic hydroxyl groups excluding tert-OH is 1. The number of thiophene rings is 1. The summed E-state index contributed by atoms with van der Waals surface area (Å²) in [6.45, 7) is 9.49. The Morgan fingerprint density at radius 1 is 1.23 bits per heavy atom. The van der Waals surface area contributed by atoms with Crippen LogP contribution in [0.5, 0.6) is 5.75 Å². The van der Waals surface area contributed by atoms with E-state index >= 15 is 0 Å². The number of hydrogen-bond acceptors (Lipinski definition) is 9. The van der Waals surface area contributed by atoms with E-state index in [4.69, 9.17) is 9.47 Å². The number of nitrogens with one attached hydrogen (secondary N) is 1. The number of amides is 1. The van der Waals surface area contributed by atoms with Crippen LogP contribution in [-0.4, -0.2) is 54.9 Å². The summed E-state index contributed by atoms with van der Waals surface area (Å²) >= 11 is 1.13. The number of carbonyl (C=O) groups is 1. The van der Waals surface area contributed by atoms with Gasteiger partial charge in [0.15, 0.2) is 0 Å². The average molecular weight is 615 g/mol. The topological polar surface area (TPSA) is 142 Å². The number of allylic oxidation sites excluding steroid dienone is 1. The van der Waals surface area contributed by atoms with Crippen molar-refractivity contribution in [1.82, 2.24) is 29.4 Å². The molecular formula is C29H35FN6O6S. The first-order chi connectivity index (χ1) is 20.3. The summed E-state index contributed by atoms with van der Waals surface area (Å²) in [6, 6.07) is 3.69. The number of hydrogen-bond donors (Lipinski definition) is 2. The number of methoxy groups -OCH3 is 1. The molecule has 2 N–H and O–H groups in total.